The average Bonchev–Trinajstić information content (AvgIpc) is 2.76. The Morgan fingerprint density at radius 2 is 2.17 bits per heavy atom. The van der Waals surface area contributed by atoms with Gasteiger partial charge in [0.05, 0.1) is 5.75 Å². The highest BCUT2D eigenvalue weighted by Gasteiger charge is 2.36. The molecule has 1 aliphatic rings. The van der Waals surface area contributed by atoms with E-state index in [2.05, 4.69) is 5.10 Å². The Balaban J connectivity index is 2.33. The van der Waals surface area contributed by atoms with Crippen LogP contribution >= 0.6 is 0 Å². The molecule has 0 radical (unpaired) electrons. The molecule has 0 aliphatic carbocycles. The molecule has 5 nitrogen and oxygen atoms in total. The lowest BCUT2D eigenvalue weighted by Crippen LogP contribution is -2.36. The highest BCUT2D eigenvalue weighted by Crippen LogP contribution is 2.23. The molecule has 0 bridgehead atoms. The zero-order chi connectivity index (χ0) is 13.3. The minimum Gasteiger partial charge on any atom is -0.291 e. The molecule has 0 spiro atoms. The molecule has 1 atom stereocenters. The van der Waals surface area contributed by atoms with Gasteiger partial charge >= 0.3 is 0 Å². The monoisotopic (exact) mass is 270 g/mol. The van der Waals surface area contributed by atoms with E-state index < -0.39 is 15.1 Å². The third-order valence-electron chi connectivity index (χ3n) is 3.28. The van der Waals surface area contributed by atoms with Gasteiger partial charge in [0, 0.05) is 12.2 Å². The Morgan fingerprint density at radius 1 is 1.44 bits per heavy atom. The number of carbonyl (C=O) groups is 1. The number of nitrogens with zero attached hydrogens (tertiary/aromatic N) is 2. The molecule has 2 rings (SSSR count). The van der Waals surface area contributed by atoms with Crippen LogP contribution in [0.5, 0.6) is 0 Å². The van der Waals surface area contributed by atoms with Crippen molar-refractivity contribution in [2.75, 3.05) is 5.75 Å². The second kappa shape index (κ2) is 4.84. The maximum absolute atomic E-state index is 12.4. The minimum atomic E-state index is -3.28. The fraction of sp³-hybridized carbons (Fsp3) is 0.667. The lowest BCUT2D eigenvalue weighted by molar-refractivity contribution is 0.0969. The Labute approximate surface area is 107 Å². The van der Waals surface area contributed by atoms with E-state index in [9.17, 15) is 13.2 Å². The van der Waals surface area contributed by atoms with Crippen LogP contribution in [0.2, 0.25) is 0 Å². The number of sulfone groups is 1. The van der Waals surface area contributed by atoms with Gasteiger partial charge in [0.2, 0.25) is 0 Å². The summed E-state index contributed by atoms with van der Waals surface area (Å²) in [6, 6.07) is 1.65. The standard InChI is InChI=1S/C12H18N2O3S/c1-9(2)14-10(6-7-13-14)12(15)11-5-3-4-8-18(11,16)17/h6-7,9,11H,3-5,8H2,1-2H3. The molecule has 0 amide bonds. The van der Waals surface area contributed by atoms with Gasteiger partial charge in [-0.1, -0.05) is 6.42 Å². The van der Waals surface area contributed by atoms with Crippen molar-refractivity contribution in [3.63, 3.8) is 0 Å². The fourth-order valence-electron chi connectivity index (χ4n) is 2.33. The van der Waals surface area contributed by atoms with Gasteiger partial charge in [-0.3, -0.25) is 9.48 Å². The van der Waals surface area contributed by atoms with Gasteiger partial charge in [-0.15, -0.1) is 0 Å². The van der Waals surface area contributed by atoms with Crippen molar-refractivity contribution in [1.82, 2.24) is 9.78 Å². The van der Waals surface area contributed by atoms with E-state index in [4.69, 9.17) is 0 Å². The van der Waals surface area contributed by atoms with E-state index in [0.29, 0.717) is 18.5 Å². The van der Waals surface area contributed by atoms with E-state index in [0.717, 1.165) is 6.42 Å². The first-order chi connectivity index (χ1) is 8.43. The van der Waals surface area contributed by atoms with Gasteiger partial charge in [0.1, 0.15) is 10.9 Å². The number of rotatable bonds is 3. The van der Waals surface area contributed by atoms with Gasteiger partial charge in [0.25, 0.3) is 0 Å². The van der Waals surface area contributed by atoms with Crippen molar-refractivity contribution in [3.05, 3.63) is 18.0 Å². The fourth-order valence-corrected chi connectivity index (χ4v) is 4.20. The number of hydrogen-bond donors (Lipinski definition) is 0. The molecule has 1 aliphatic heterocycles. The Kier molecular flexibility index (Phi) is 3.56. The molecule has 1 unspecified atom stereocenters. The highest BCUT2D eigenvalue weighted by molar-refractivity contribution is 7.92. The van der Waals surface area contributed by atoms with Crippen molar-refractivity contribution < 1.29 is 13.2 Å². The summed E-state index contributed by atoms with van der Waals surface area (Å²) in [7, 11) is -3.28. The quantitative estimate of drug-likeness (QED) is 0.782. The maximum Gasteiger partial charge on any atom is 0.198 e. The molecule has 2 heterocycles. The number of ketones is 1. The molecular weight excluding hydrogens is 252 g/mol. The predicted molar refractivity (Wildman–Crippen MR) is 68.4 cm³/mol. The number of carbonyl (C=O) groups excluding carboxylic acids is 1. The first-order valence-electron chi connectivity index (χ1n) is 6.23. The van der Waals surface area contributed by atoms with E-state index in [-0.39, 0.29) is 17.6 Å². The summed E-state index contributed by atoms with van der Waals surface area (Å²) in [4.78, 5) is 12.4. The molecular formula is C12H18N2O3S. The molecule has 0 aromatic carbocycles. The number of Topliss-reactive ketones (excluding diaryl/α,β-unsaturated/α-hetero) is 1. The second-order valence-electron chi connectivity index (χ2n) is 4.97. The van der Waals surface area contributed by atoms with Crippen LogP contribution in [0, 0.1) is 0 Å². The summed E-state index contributed by atoms with van der Waals surface area (Å²) in [5.74, 6) is -0.180. The average molecular weight is 270 g/mol. The molecule has 0 saturated carbocycles. The van der Waals surface area contributed by atoms with E-state index in [1.165, 1.54) is 0 Å². The summed E-state index contributed by atoms with van der Waals surface area (Å²) in [5.41, 5.74) is 0.403. The smallest absolute Gasteiger partial charge is 0.198 e. The summed E-state index contributed by atoms with van der Waals surface area (Å²) in [5, 5.41) is 3.21. The summed E-state index contributed by atoms with van der Waals surface area (Å²) in [6.07, 6.45) is 3.44. The Hall–Kier alpha value is -1.17. The minimum absolute atomic E-state index is 0.0465. The van der Waals surface area contributed by atoms with E-state index >= 15 is 0 Å². The lowest BCUT2D eigenvalue weighted by Gasteiger charge is -2.21. The topological polar surface area (TPSA) is 69.0 Å². The highest BCUT2D eigenvalue weighted by atomic mass is 32.2. The van der Waals surface area contributed by atoms with Crippen LogP contribution in [0.3, 0.4) is 0 Å². The largest absolute Gasteiger partial charge is 0.291 e. The SMILES string of the molecule is CC(C)n1nccc1C(=O)C1CCCCS1(=O)=O. The van der Waals surface area contributed by atoms with Crippen LogP contribution in [0.1, 0.15) is 49.6 Å². The first-order valence-corrected chi connectivity index (χ1v) is 7.94. The van der Waals surface area contributed by atoms with Crippen LogP contribution in [0.4, 0.5) is 0 Å². The van der Waals surface area contributed by atoms with Gasteiger partial charge in [0.15, 0.2) is 15.6 Å². The van der Waals surface area contributed by atoms with Crippen molar-refractivity contribution in [3.8, 4) is 0 Å². The normalized spacial score (nSPS) is 23.2. The third kappa shape index (κ3) is 2.34. The van der Waals surface area contributed by atoms with Crippen molar-refractivity contribution >= 4 is 15.6 Å². The van der Waals surface area contributed by atoms with E-state index in [1.54, 1.807) is 16.9 Å². The predicted octanol–water partition coefficient (Wildman–Crippen LogP) is 1.61. The second-order valence-corrected chi connectivity index (χ2v) is 7.27. The third-order valence-corrected chi connectivity index (χ3v) is 5.46. The van der Waals surface area contributed by atoms with E-state index in [1.807, 2.05) is 13.8 Å². The molecule has 1 fully saturated rings. The molecule has 18 heavy (non-hydrogen) atoms. The Morgan fingerprint density at radius 3 is 2.78 bits per heavy atom. The number of aromatic nitrogens is 2. The van der Waals surface area contributed by atoms with Crippen LogP contribution in [-0.4, -0.2) is 35.0 Å². The molecule has 0 N–H and O–H groups in total. The van der Waals surface area contributed by atoms with Crippen molar-refractivity contribution in [1.29, 1.82) is 0 Å². The summed E-state index contributed by atoms with van der Waals surface area (Å²) in [6.45, 7) is 3.83. The number of hydrogen-bond acceptors (Lipinski definition) is 4. The van der Waals surface area contributed by atoms with Crippen molar-refractivity contribution in [2.45, 2.75) is 44.4 Å². The Bertz CT molecular complexity index is 545. The van der Waals surface area contributed by atoms with Gasteiger partial charge in [-0.25, -0.2) is 8.42 Å². The van der Waals surface area contributed by atoms with Gasteiger partial charge in [-0.2, -0.15) is 5.10 Å². The van der Waals surface area contributed by atoms with Gasteiger partial charge < -0.3 is 0 Å². The first kappa shape index (κ1) is 13.3. The van der Waals surface area contributed by atoms with Crippen LogP contribution in [-0.2, 0) is 9.84 Å². The van der Waals surface area contributed by atoms with Crippen LogP contribution < -0.4 is 0 Å². The molecule has 1 aromatic heterocycles. The van der Waals surface area contributed by atoms with Crippen LogP contribution in [0.15, 0.2) is 12.3 Å². The molecule has 1 saturated heterocycles. The lowest BCUT2D eigenvalue weighted by atomic mass is 10.1. The zero-order valence-electron chi connectivity index (χ0n) is 10.7. The molecule has 1 aromatic rings. The summed E-state index contributed by atoms with van der Waals surface area (Å²) < 4.78 is 25.5. The summed E-state index contributed by atoms with van der Waals surface area (Å²) >= 11 is 0. The molecule has 6 heteroatoms. The molecule has 100 valence electrons. The van der Waals surface area contributed by atoms with Crippen molar-refractivity contribution in [2.24, 2.45) is 0 Å². The van der Waals surface area contributed by atoms with Gasteiger partial charge in [-0.05, 0) is 32.8 Å². The maximum atomic E-state index is 12.4. The van der Waals surface area contributed by atoms with Crippen LogP contribution in [0.25, 0.3) is 0 Å². The zero-order valence-corrected chi connectivity index (χ0v) is 11.5.